The molecule has 1 N–H and O–H groups in total. The van der Waals surface area contributed by atoms with Crippen LogP contribution in [0.1, 0.15) is 25.8 Å². The summed E-state index contributed by atoms with van der Waals surface area (Å²) < 4.78 is 37.0. The second-order valence-electron chi connectivity index (χ2n) is 7.21. The Kier molecular flexibility index (Phi) is 8.11. The van der Waals surface area contributed by atoms with Crippen LogP contribution >= 0.6 is 0 Å². The average molecular weight is 435 g/mol. The van der Waals surface area contributed by atoms with E-state index in [1.54, 1.807) is 31.2 Å². The fourth-order valence-corrected chi connectivity index (χ4v) is 4.24. The van der Waals surface area contributed by atoms with Gasteiger partial charge in [-0.1, -0.05) is 24.6 Å². The van der Waals surface area contributed by atoms with Crippen LogP contribution in [0.2, 0.25) is 0 Å². The van der Waals surface area contributed by atoms with E-state index in [9.17, 15) is 13.2 Å². The fraction of sp³-hybridized carbons (Fsp3) is 0.409. The Morgan fingerprint density at radius 2 is 1.63 bits per heavy atom. The SMILES string of the molecule is CC[C@@H](C(=O)N[C@H](C)COc1ccc(C)cc1)N(c1ccc(OC)cc1)S(C)(=O)=O. The van der Waals surface area contributed by atoms with Crippen LogP contribution in [0, 0.1) is 6.92 Å². The molecule has 0 saturated carbocycles. The predicted octanol–water partition coefficient (Wildman–Crippen LogP) is 3.13. The number of nitrogens with one attached hydrogen (secondary N) is 1. The maximum Gasteiger partial charge on any atom is 0.244 e. The highest BCUT2D eigenvalue weighted by Crippen LogP contribution is 2.25. The molecular formula is C22H30N2O5S. The molecule has 0 aliphatic rings. The van der Waals surface area contributed by atoms with Gasteiger partial charge in [-0.05, 0) is 56.7 Å². The first-order chi connectivity index (χ1) is 14.2. The molecule has 0 unspecified atom stereocenters. The van der Waals surface area contributed by atoms with E-state index in [4.69, 9.17) is 9.47 Å². The molecule has 0 bridgehead atoms. The van der Waals surface area contributed by atoms with Crippen LogP contribution in [0.15, 0.2) is 48.5 Å². The molecule has 30 heavy (non-hydrogen) atoms. The Morgan fingerprint density at radius 1 is 1.07 bits per heavy atom. The van der Waals surface area contributed by atoms with Crippen LogP contribution in [0.4, 0.5) is 5.69 Å². The summed E-state index contributed by atoms with van der Waals surface area (Å²) in [5.74, 6) is 0.940. The van der Waals surface area contributed by atoms with E-state index in [2.05, 4.69) is 5.32 Å². The molecule has 0 aromatic heterocycles. The molecule has 164 valence electrons. The van der Waals surface area contributed by atoms with Gasteiger partial charge >= 0.3 is 0 Å². The smallest absolute Gasteiger partial charge is 0.244 e. The third kappa shape index (κ3) is 6.38. The second kappa shape index (κ2) is 10.3. The zero-order valence-corrected chi connectivity index (χ0v) is 18.9. The molecule has 0 spiro atoms. The topological polar surface area (TPSA) is 84.9 Å². The molecular weight excluding hydrogens is 404 g/mol. The summed E-state index contributed by atoms with van der Waals surface area (Å²) in [6, 6.07) is 13.0. The maximum atomic E-state index is 12.9. The first kappa shape index (κ1) is 23.5. The van der Waals surface area contributed by atoms with Crippen molar-refractivity contribution in [2.75, 3.05) is 24.3 Å². The van der Waals surface area contributed by atoms with Gasteiger partial charge in [-0.15, -0.1) is 0 Å². The summed E-state index contributed by atoms with van der Waals surface area (Å²) >= 11 is 0. The summed E-state index contributed by atoms with van der Waals surface area (Å²) in [7, 11) is -2.16. The van der Waals surface area contributed by atoms with Gasteiger partial charge in [0.25, 0.3) is 0 Å². The number of anilines is 1. The molecule has 0 heterocycles. The molecule has 1 amide bonds. The van der Waals surface area contributed by atoms with Gasteiger partial charge in [-0.25, -0.2) is 8.42 Å². The minimum absolute atomic E-state index is 0.270. The van der Waals surface area contributed by atoms with Gasteiger partial charge < -0.3 is 14.8 Å². The number of methoxy groups -OCH3 is 1. The molecule has 0 radical (unpaired) electrons. The standard InChI is InChI=1S/C22H30N2O5S/c1-6-21(24(30(5,26)27)18-9-13-19(28-4)14-10-18)22(25)23-17(3)15-29-20-11-7-16(2)8-12-20/h7-14,17,21H,6,15H2,1-5H3,(H,23,25)/t17-,21+/m1/s1. The molecule has 7 nitrogen and oxygen atoms in total. The van der Waals surface area contributed by atoms with Crippen LogP contribution in [0.25, 0.3) is 0 Å². The van der Waals surface area contributed by atoms with E-state index in [0.29, 0.717) is 23.6 Å². The molecule has 8 heteroatoms. The number of hydrogen-bond donors (Lipinski definition) is 1. The summed E-state index contributed by atoms with van der Waals surface area (Å²) in [4.78, 5) is 12.9. The van der Waals surface area contributed by atoms with Gasteiger partial charge in [0.2, 0.25) is 15.9 Å². The van der Waals surface area contributed by atoms with Crippen molar-refractivity contribution in [1.82, 2.24) is 5.32 Å². The van der Waals surface area contributed by atoms with Crippen molar-refractivity contribution in [2.45, 2.75) is 39.3 Å². The number of rotatable bonds is 10. The van der Waals surface area contributed by atoms with Gasteiger partial charge in [-0.3, -0.25) is 9.10 Å². The van der Waals surface area contributed by atoms with Gasteiger partial charge in [-0.2, -0.15) is 0 Å². The van der Waals surface area contributed by atoms with Crippen molar-refractivity contribution in [3.05, 3.63) is 54.1 Å². The van der Waals surface area contributed by atoms with E-state index in [1.165, 1.54) is 7.11 Å². The van der Waals surface area contributed by atoms with Crippen LogP contribution in [-0.4, -0.2) is 46.4 Å². The average Bonchev–Trinajstić information content (AvgIpc) is 2.70. The minimum Gasteiger partial charge on any atom is -0.497 e. The Morgan fingerprint density at radius 3 is 2.13 bits per heavy atom. The Bertz CT molecular complexity index is 927. The van der Waals surface area contributed by atoms with E-state index < -0.39 is 16.1 Å². The highest BCUT2D eigenvalue weighted by molar-refractivity contribution is 7.92. The molecule has 2 rings (SSSR count). The second-order valence-corrected chi connectivity index (χ2v) is 9.07. The molecule has 2 aromatic carbocycles. The minimum atomic E-state index is -3.69. The molecule has 2 atom stereocenters. The number of hydrogen-bond acceptors (Lipinski definition) is 5. The first-order valence-electron chi connectivity index (χ1n) is 9.79. The number of carbonyl (C=O) groups excluding carboxylic acids is 1. The highest BCUT2D eigenvalue weighted by Gasteiger charge is 2.32. The predicted molar refractivity (Wildman–Crippen MR) is 119 cm³/mol. The van der Waals surface area contributed by atoms with Crippen molar-refractivity contribution in [3.63, 3.8) is 0 Å². The summed E-state index contributed by atoms with van der Waals surface area (Å²) in [6.07, 6.45) is 1.41. The number of aryl methyl sites for hydroxylation is 1. The van der Waals surface area contributed by atoms with Crippen LogP contribution < -0.4 is 19.1 Å². The number of sulfonamides is 1. The van der Waals surface area contributed by atoms with E-state index in [-0.39, 0.29) is 18.6 Å². The lowest BCUT2D eigenvalue weighted by Crippen LogP contribution is -2.52. The lowest BCUT2D eigenvalue weighted by molar-refractivity contribution is -0.123. The van der Waals surface area contributed by atoms with Crippen LogP contribution in [-0.2, 0) is 14.8 Å². The van der Waals surface area contributed by atoms with Gasteiger partial charge in [0, 0.05) is 0 Å². The zero-order valence-electron chi connectivity index (χ0n) is 18.1. The Balaban J connectivity index is 2.11. The quantitative estimate of drug-likeness (QED) is 0.621. The normalized spacial score (nSPS) is 13.2. The van der Waals surface area contributed by atoms with E-state index >= 15 is 0 Å². The monoisotopic (exact) mass is 434 g/mol. The zero-order chi connectivity index (χ0) is 22.3. The van der Waals surface area contributed by atoms with E-state index in [0.717, 1.165) is 16.1 Å². The maximum absolute atomic E-state index is 12.9. The third-order valence-corrected chi connectivity index (χ3v) is 5.75. The van der Waals surface area contributed by atoms with Gasteiger partial charge in [0.05, 0.1) is 25.1 Å². The Labute approximate surface area is 179 Å². The van der Waals surface area contributed by atoms with Crippen molar-refractivity contribution in [2.24, 2.45) is 0 Å². The molecule has 2 aromatic rings. The number of ether oxygens (including phenoxy) is 2. The van der Waals surface area contributed by atoms with Crippen molar-refractivity contribution < 1.29 is 22.7 Å². The lowest BCUT2D eigenvalue weighted by Gasteiger charge is -2.31. The number of amides is 1. The highest BCUT2D eigenvalue weighted by atomic mass is 32.2. The van der Waals surface area contributed by atoms with Crippen LogP contribution in [0.3, 0.4) is 0 Å². The van der Waals surface area contributed by atoms with Crippen molar-refractivity contribution >= 4 is 21.6 Å². The van der Waals surface area contributed by atoms with Crippen LogP contribution in [0.5, 0.6) is 11.5 Å². The fourth-order valence-electron chi connectivity index (χ4n) is 3.03. The summed E-state index contributed by atoms with van der Waals surface area (Å²) in [5, 5.41) is 2.86. The van der Waals surface area contributed by atoms with Gasteiger partial charge in [0.15, 0.2) is 0 Å². The van der Waals surface area contributed by atoms with Crippen molar-refractivity contribution in [3.8, 4) is 11.5 Å². The molecule has 0 aliphatic carbocycles. The largest absolute Gasteiger partial charge is 0.497 e. The summed E-state index contributed by atoms with van der Waals surface area (Å²) in [5.41, 5.74) is 1.54. The first-order valence-corrected chi connectivity index (χ1v) is 11.6. The molecule has 0 fully saturated rings. The van der Waals surface area contributed by atoms with Gasteiger partial charge in [0.1, 0.15) is 24.1 Å². The third-order valence-electron chi connectivity index (χ3n) is 4.57. The lowest BCUT2D eigenvalue weighted by atomic mass is 10.1. The number of nitrogens with zero attached hydrogens (tertiary/aromatic N) is 1. The number of benzene rings is 2. The molecule has 0 aliphatic heterocycles. The number of carbonyl (C=O) groups is 1. The molecule has 0 saturated heterocycles. The summed E-state index contributed by atoms with van der Waals surface area (Å²) in [6.45, 7) is 5.86. The van der Waals surface area contributed by atoms with E-state index in [1.807, 2.05) is 38.1 Å². The van der Waals surface area contributed by atoms with Crippen molar-refractivity contribution in [1.29, 1.82) is 0 Å². The Hall–Kier alpha value is -2.74.